The highest BCUT2D eigenvalue weighted by molar-refractivity contribution is 5.66. The van der Waals surface area contributed by atoms with Gasteiger partial charge in [-0.3, -0.25) is 20.0 Å². The van der Waals surface area contributed by atoms with Crippen LogP contribution in [0.25, 0.3) is 0 Å². The smallest absolute Gasteiger partial charge is 0.392 e. The van der Waals surface area contributed by atoms with Gasteiger partial charge >= 0.3 is 24.7 Å². The predicted octanol–water partition coefficient (Wildman–Crippen LogP) is 15.3. The van der Waals surface area contributed by atoms with Crippen molar-refractivity contribution in [2.24, 2.45) is 42.6 Å². The first-order chi connectivity index (χ1) is 66.6. The van der Waals surface area contributed by atoms with E-state index in [4.69, 9.17) is 18.9 Å². The average Bonchev–Trinajstić information content (AvgIpc) is 0.775. The molecule has 0 spiro atoms. The number of rotatable bonds is 24. The maximum absolute atomic E-state index is 14.3. The molecule has 8 aromatic rings. The molecule has 45 heteroatoms. The fourth-order valence-electron chi connectivity index (χ4n) is 17.8. The summed E-state index contributed by atoms with van der Waals surface area (Å²) in [5.74, 6) is 0.216. The van der Waals surface area contributed by atoms with Gasteiger partial charge in [-0.05, 0) is 131 Å². The van der Waals surface area contributed by atoms with Crippen LogP contribution in [-0.2, 0) is 69.8 Å². The van der Waals surface area contributed by atoms with Gasteiger partial charge in [-0.15, -0.1) is 0 Å². The van der Waals surface area contributed by atoms with Crippen LogP contribution in [0.1, 0.15) is 126 Å². The lowest BCUT2D eigenvalue weighted by atomic mass is 9.66. The molecule has 8 aliphatic rings. The van der Waals surface area contributed by atoms with E-state index in [1.807, 2.05) is 77.3 Å². The third-order valence-corrected chi connectivity index (χ3v) is 25.4. The van der Waals surface area contributed by atoms with E-state index in [0.717, 1.165) is 73.8 Å². The van der Waals surface area contributed by atoms with Crippen LogP contribution in [0.5, 0.6) is 0 Å². The Balaban J connectivity index is 0.000000157. The summed E-state index contributed by atoms with van der Waals surface area (Å²) < 4.78 is 234. The molecule has 8 atom stereocenters. The van der Waals surface area contributed by atoms with Crippen molar-refractivity contribution in [2.75, 3.05) is 172 Å². The van der Waals surface area contributed by atoms with E-state index < -0.39 is 87.9 Å². The van der Waals surface area contributed by atoms with Crippen LogP contribution in [0.15, 0.2) is 142 Å². The van der Waals surface area contributed by atoms with Crippen molar-refractivity contribution >= 4 is 71.0 Å². The summed E-state index contributed by atoms with van der Waals surface area (Å²) in [5, 5.41) is 36.9. The van der Waals surface area contributed by atoms with Gasteiger partial charge in [-0.1, -0.05) is 52.0 Å². The van der Waals surface area contributed by atoms with Gasteiger partial charge in [0, 0.05) is 167 Å². The number of benzene rings is 4. The summed E-state index contributed by atoms with van der Waals surface area (Å²) in [5.41, 5.74) is 0.436. The van der Waals surface area contributed by atoms with E-state index in [1.54, 1.807) is 43.0 Å². The maximum Gasteiger partial charge on any atom is 0.416 e. The predicted molar refractivity (Wildman–Crippen MR) is 499 cm³/mol. The minimum atomic E-state index is -4.42. The normalized spacial score (nSPS) is 22.8. The molecule has 6 saturated heterocycles. The van der Waals surface area contributed by atoms with E-state index in [2.05, 4.69) is 86.5 Å². The fourth-order valence-corrected chi connectivity index (χ4v) is 17.8. The van der Waals surface area contributed by atoms with E-state index in [0.29, 0.717) is 203 Å². The van der Waals surface area contributed by atoms with Gasteiger partial charge < -0.3 is 80.4 Å². The molecular formula is C95H117F16N23O6. The van der Waals surface area contributed by atoms with Crippen molar-refractivity contribution in [3.63, 3.8) is 0 Å². The second kappa shape index (κ2) is 47.5. The number of nitrogens with zero attached hydrogens (tertiary/aromatic N) is 18. The first-order valence-corrected chi connectivity index (χ1v) is 46.3. The van der Waals surface area contributed by atoms with Crippen LogP contribution < -0.4 is 46.3 Å². The molecule has 760 valence electrons. The minimum absolute atomic E-state index is 0.0104. The molecule has 0 radical (unpaired) electrons. The lowest BCUT2D eigenvalue weighted by Crippen LogP contribution is -2.60. The molecule has 0 amide bonds. The number of nitrogens with one attached hydrogen (secondary N) is 5. The molecule has 7 N–H and O–H groups in total. The van der Waals surface area contributed by atoms with Crippen LogP contribution in [0.4, 0.5) is 116 Å². The highest BCUT2D eigenvalue weighted by atomic mass is 19.4. The lowest BCUT2D eigenvalue weighted by Gasteiger charge is -2.46. The van der Waals surface area contributed by atoms with Gasteiger partial charge in [0.25, 0.3) is 0 Å². The maximum atomic E-state index is 14.3. The number of aliphatic hydroxyl groups excluding tert-OH is 2. The van der Waals surface area contributed by atoms with Crippen molar-refractivity contribution in [1.82, 2.24) is 55.1 Å². The van der Waals surface area contributed by atoms with E-state index in [1.165, 1.54) is 36.7 Å². The number of ether oxygens (including phenoxy) is 4. The molecule has 2 saturated carbocycles. The van der Waals surface area contributed by atoms with Gasteiger partial charge in [0.2, 0.25) is 0 Å². The zero-order valence-electron chi connectivity index (χ0n) is 78.3. The largest absolute Gasteiger partial charge is 0.416 e. The second-order valence-corrected chi connectivity index (χ2v) is 36.9. The zero-order valence-corrected chi connectivity index (χ0v) is 78.3. The number of aromatic nitrogens is 8. The first-order valence-electron chi connectivity index (χ1n) is 46.3. The number of halogens is 16. The Morgan fingerprint density at radius 2 is 0.771 bits per heavy atom. The highest BCUT2D eigenvalue weighted by Gasteiger charge is 2.46. The Bertz CT molecular complexity index is 5460. The number of piperidine rings is 1. The van der Waals surface area contributed by atoms with Crippen LogP contribution in [0.2, 0.25) is 0 Å². The van der Waals surface area contributed by atoms with Gasteiger partial charge in [0.15, 0.2) is 69.8 Å². The first kappa shape index (κ1) is 106. The number of alkyl halides is 12. The molecule has 0 bridgehead atoms. The summed E-state index contributed by atoms with van der Waals surface area (Å²) >= 11 is 0. The molecule has 8 unspecified atom stereocenters. The molecule has 140 heavy (non-hydrogen) atoms. The number of morpholine rings is 4. The molecule has 6 aliphatic heterocycles. The fraction of sp³-hybridized carbons (Fsp3) is 0.537. The van der Waals surface area contributed by atoms with E-state index in [9.17, 15) is 80.5 Å². The Morgan fingerprint density at radius 1 is 0.421 bits per heavy atom. The Hall–Kier alpha value is -11.4. The van der Waals surface area contributed by atoms with Crippen molar-refractivity contribution in [3.05, 3.63) is 191 Å². The molecule has 4 aromatic carbocycles. The summed E-state index contributed by atoms with van der Waals surface area (Å²) in [6, 6.07) is 20.1. The Kier molecular flexibility index (Phi) is 35.9. The van der Waals surface area contributed by atoms with Crippen LogP contribution in [0.3, 0.4) is 0 Å². The molecule has 4 aromatic heterocycles. The third kappa shape index (κ3) is 29.9. The average molecular weight is 1980 g/mol. The zero-order chi connectivity index (χ0) is 100. The molecule has 10 heterocycles. The number of anilines is 8. The van der Waals surface area contributed by atoms with Crippen LogP contribution >= 0.6 is 0 Å². The molecular weight excluding hydrogens is 1860 g/mol. The van der Waals surface area contributed by atoms with Crippen LogP contribution in [0, 0.1) is 45.9 Å². The summed E-state index contributed by atoms with van der Waals surface area (Å²) in [6.45, 7) is 23.7. The highest BCUT2D eigenvalue weighted by Crippen LogP contribution is 2.45. The van der Waals surface area contributed by atoms with Gasteiger partial charge in [0.1, 0.15) is 6.54 Å². The Labute approximate surface area is 800 Å². The SMILES string of the molecule is CC1(C)C(Nc2cccc(C(F)(F)F)c2)CCC(C=NCc2ncc(F)c(N3CCOCC3)n2)C1O.CC1(C)CC(Nc2cccc(C(F)(F)F)c2)CC(O)C1C=NCc1ncc(F)c(N2CCOCC2)n1.CC1(C)NC(C=NCc2ncc(F)c(N3CCOCC3)n2)CCC1Nc1cccc(C(F)(F)F)c1.Fc1cnc(CN=CN2CCN(Nc3cccc(C(F)(F)F)c3)CC2)nc1N1CCOCC1. The molecule has 8 fully saturated rings. The van der Waals surface area contributed by atoms with Gasteiger partial charge in [-0.2, -0.15) is 52.7 Å². The Morgan fingerprint density at radius 3 is 1.16 bits per heavy atom. The monoisotopic (exact) mass is 1980 g/mol. The molecule has 16 rings (SSSR count). The van der Waals surface area contributed by atoms with Crippen molar-refractivity contribution in [3.8, 4) is 0 Å². The van der Waals surface area contributed by atoms with Crippen molar-refractivity contribution in [1.29, 1.82) is 0 Å². The number of hydrogen-bond donors (Lipinski definition) is 7. The third-order valence-electron chi connectivity index (χ3n) is 25.4. The number of aliphatic imine (C=N–C) groups is 4. The van der Waals surface area contributed by atoms with Crippen molar-refractivity contribution in [2.45, 2.75) is 173 Å². The number of hydrogen-bond acceptors (Lipinski definition) is 28. The number of aliphatic hydroxyl groups is 2. The van der Waals surface area contributed by atoms with E-state index in [-0.39, 0.29) is 96.4 Å². The number of hydrazine groups is 1. The summed E-state index contributed by atoms with van der Waals surface area (Å²) in [6.07, 6.45) is -3.79. The summed E-state index contributed by atoms with van der Waals surface area (Å²) in [4.78, 5) is 60.5. The quantitative estimate of drug-likeness (QED) is 0.0168. The minimum Gasteiger partial charge on any atom is -0.392 e. The molecule has 29 nitrogen and oxygen atoms in total. The number of piperazine rings is 1. The van der Waals surface area contributed by atoms with Gasteiger partial charge in [-0.25, -0.2) is 62.4 Å². The van der Waals surface area contributed by atoms with Crippen LogP contribution in [-0.4, -0.2) is 258 Å². The van der Waals surface area contributed by atoms with E-state index >= 15 is 0 Å². The topological polar surface area (TPSA) is 310 Å². The second-order valence-electron chi connectivity index (χ2n) is 36.9. The standard InChI is InChI=1S/2C25H31F4N5O2.C24H30F4N6O.C21H25F4N7O/c1-24(2)12-18(32-17-5-3-4-16(10-17)25(27,28)29)11-21(35)19(24)13-30-15-22-31-14-20(26)23(33-22)34-6-8-36-9-7-34;1-24(2)20(32-18-5-3-4-17(12-18)25(27,28)29)7-6-16(22(24)35)13-30-15-21-31-14-19(26)23(33-21)34-8-10-36-11-9-34;1-23(2)20(31-17-5-3-4-16(12-17)24(26,27)28)7-6-18(33-23)13-29-15-21-30-14-19(25)22(32-21)34-8-10-35-11-9-34;22-18-13-27-19(28-20(18)31-8-10-33-11-9-31)14-26-15-30-4-6-32(7-5-30)29-17-3-1-2-16(12-17)21(23,24)25/h3-5,10,13-14,18-19,21,32,35H,6-9,11-12,15H2,1-2H3;3-5,12-14,16,20,22,32,35H,6-11,15H2,1-2H3;3-5,12-14,18,20,31,33H,6-11,15H2,1-2H3;1-3,12-13,15,29H,4-11,14H2. The van der Waals surface area contributed by atoms with Gasteiger partial charge in [0.05, 0.1) is 138 Å². The summed E-state index contributed by atoms with van der Waals surface area (Å²) in [7, 11) is 0. The lowest BCUT2D eigenvalue weighted by molar-refractivity contribution is -0.138. The molecule has 2 aliphatic carbocycles. The van der Waals surface area contributed by atoms with Crippen molar-refractivity contribution < 1.29 is 99.4 Å².